The van der Waals surface area contributed by atoms with E-state index in [2.05, 4.69) is 10.3 Å². The van der Waals surface area contributed by atoms with Crippen LogP contribution >= 0.6 is 0 Å². The summed E-state index contributed by atoms with van der Waals surface area (Å²) in [7, 11) is 0. The maximum absolute atomic E-state index is 14.4. The van der Waals surface area contributed by atoms with E-state index in [1.807, 2.05) is 18.2 Å². The minimum absolute atomic E-state index is 0.377. The van der Waals surface area contributed by atoms with Crippen LogP contribution in [0.1, 0.15) is 25.0 Å². The summed E-state index contributed by atoms with van der Waals surface area (Å²) in [5.74, 6) is 0. The number of amides is 1. The van der Waals surface area contributed by atoms with Gasteiger partial charge in [0.15, 0.2) is 0 Å². The molecule has 5 heteroatoms. The first-order valence-corrected chi connectivity index (χ1v) is 7.21. The normalized spacial score (nSPS) is 17.9. The van der Waals surface area contributed by atoms with E-state index in [1.165, 1.54) is 0 Å². The highest BCUT2D eigenvalue weighted by Gasteiger charge is 2.33. The van der Waals surface area contributed by atoms with Crippen LogP contribution in [0.2, 0.25) is 0 Å². The number of hydrogen-bond acceptors (Lipinski definition) is 3. The van der Waals surface area contributed by atoms with E-state index in [0.29, 0.717) is 32.5 Å². The van der Waals surface area contributed by atoms with Gasteiger partial charge in [-0.3, -0.25) is 9.78 Å². The summed E-state index contributed by atoms with van der Waals surface area (Å²) in [6.45, 7) is 2.22. The first kappa shape index (κ1) is 14.9. The summed E-state index contributed by atoms with van der Waals surface area (Å²) in [4.78, 5) is 16.5. The molecule has 20 heavy (non-hydrogen) atoms. The average molecular weight is 279 g/mol. The lowest BCUT2D eigenvalue weighted by Crippen LogP contribution is -2.46. The second-order valence-corrected chi connectivity index (χ2v) is 5.39. The van der Waals surface area contributed by atoms with Crippen LogP contribution in [0.15, 0.2) is 24.4 Å². The lowest BCUT2D eigenvalue weighted by atomic mass is 9.93. The Labute approximate surface area is 119 Å². The van der Waals surface area contributed by atoms with Gasteiger partial charge in [-0.25, -0.2) is 4.39 Å². The molecule has 1 fully saturated rings. The number of rotatable bonds is 7. The summed E-state index contributed by atoms with van der Waals surface area (Å²) in [6, 6.07) is 5.89. The molecule has 0 saturated carbocycles. The van der Waals surface area contributed by atoms with Crippen LogP contribution in [-0.4, -0.2) is 48.1 Å². The second-order valence-electron chi connectivity index (χ2n) is 5.39. The van der Waals surface area contributed by atoms with Crippen molar-refractivity contribution in [3.8, 4) is 0 Å². The molecule has 0 radical (unpaired) electrons. The lowest BCUT2D eigenvalue weighted by Gasteiger charge is -2.34. The van der Waals surface area contributed by atoms with Crippen LogP contribution in [0.25, 0.3) is 0 Å². The standard InChI is InChI=1S/C15H22FN3O/c16-15(6-10-19(13-20)11-7-15)12-17-8-3-5-14-4-1-2-9-18-14/h1-2,4,9,13,17H,3,5-8,10-12H2. The zero-order valence-corrected chi connectivity index (χ0v) is 11.7. The molecule has 0 spiro atoms. The molecular weight excluding hydrogens is 257 g/mol. The van der Waals surface area contributed by atoms with E-state index in [4.69, 9.17) is 0 Å². The maximum Gasteiger partial charge on any atom is 0.209 e. The van der Waals surface area contributed by atoms with Crippen molar-refractivity contribution in [2.24, 2.45) is 0 Å². The number of carbonyl (C=O) groups excluding carboxylic acids is 1. The van der Waals surface area contributed by atoms with Gasteiger partial charge in [-0.2, -0.15) is 0 Å². The summed E-state index contributed by atoms with van der Waals surface area (Å²) >= 11 is 0. The SMILES string of the molecule is O=CN1CCC(F)(CNCCCc2ccccn2)CC1. The molecule has 1 aromatic heterocycles. The highest BCUT2D eigenvalue weighted by molar-refractivity contribution is 5.47. The van der Waals surface area contributed by atoms with Crippen LogP contribution in [-0.2, 0) is 11.2 Å². The summed E-state index contributed by atoms with van der Waals surface area (Å²) in [5, 5.41) is 3.19. The van der Waals surface area contributed by atoms with Crippen LogP contribution in [0.5, 0.6) is 0 Å². The fourth-order valence-corrected chi connectivity index (χ4v) is 2.46. The predicted molar refractivity (Wildman–Crippen MR) is 76.1 cm³/mol. The Balaban J connectivity index is 1.60. The highest BCUT2D eigenvalue weighted by atomic mass is 19.1. The Morgan fingerprint density at radius 1 is 1.40 bits per heavy atom. The van der Waals surface area contributed by atoms with E-state index in [-0.39, 0.29) is 0 Å². The van der Waals surface area contributed by atoms with Gasteiger partial charge in [-0.05, 0) is 31.5 Å². The molecule has 0 unspecified atom stereocenters. The maximum atomic E-state index is 14.4. The van der Waals surface area contributed by atoms with E-state index in [9.17, 15) is 9.18 Å². The number of nitrogens with one attached hydrogen (secondary N) is 1. The first-order chi connectivity index (χ1) is 9.72. The predicted octanol–water partition coefficient (Wildman–Crippen LogP) is 1.56. The minimum atomic E-state index is -1.16. The van der Waals surface area contributed by atoms with Gasteiger partial charge in [0.25, 0.3) is 0 Å². The van der Waals surface area contributed by atoms with Gasteiger partial charge in [-0.1, -0.05) is 6.07 Å². The quantitative estimate of drug-likeness (QED) is 0.608. The fraction of sp³-hybridized carbons (Fsp3) is 0.600. The van der Waals surface area contributed by atoms with Crippen molar-refractivity contribution in [1.82, 2.24) is 15.2 Å². The molecule has 1 N–H and O–H groups in total. The van der Waals surface area contributed by atoms with Gasteiger partial charge in [0, 0.05) is 44.4 Å². The second kappa shape index (κ2) is 7.33. The van der Waals surface area contributed by atoms with Crippen molar-refractivity contribution < 1.29 is 9.18 Å². The zero-order valence-electron chi connectivity index (χ0n) is 11.7. The van der Waals surface area contributed by atoms with E-state index < -0.39 is 5.67 Å². The number of pyridine rings is 1. The molecule has 1 aromatic rings. The van der Waals surface area contributed by atoms with Crippen molar-refractivity contribution in [2.75, 3.05) is 26.2 Å². The Morgan fingerprint density at radius 3 is 2.85 bits per heavy atom. The highest BCUT2D eigenvalue weighted by Crippen LogP contribution is 2.25. The number of likely N-dealkylation sites (tertiary alicyclic amines) is 1. The number of carbonyl (C=O) groups is 1. The largest absolute Gasteiger partial charge is 0.345 e. The number of halogens is 1. The number of hydrogen-bond donors (Lipinski definition) is 1. The topological polar surface area (TPSA) is 45.2 Å². The van der Waals surface area contributed by atoms with E-state index in [0.717, 1.165) is 31.5 Å². The Bertz CT molecular complexity index is 405. The monoisotopic (exact) mass is 279 g/mol. The summed E-state index contributed by atoms with van der Waals surface area (Å²) < 4.78 is 14.4. The van der Waals surface area contributed by atoms with E-state index in [1.54, 1.807) is 11.1 Å². The molecule has 0 bridgehead atoms. The van der Waals surface area contributed by atoms with Crippen LogP contribution in [0.3, 0.4) is 0 Å². The molecule has 2 rings (SSSR count). The molecule has 1 saturated heterocycles. The molecule has 1 amide bonds. The summed E-state index contributed by atoms with van der Waals surface area (Å²) in [5.41, 5.74) is -0.0895. The van der Waals surface area contributed by atoms with Gasteiger partial charge in [0.1, 0.15) is 5.67 Å². The summed E-state index contributed by atoms with van der Waals surface area (Å²) in [6.07, 6.45) is 5.32. The van der Waals surface area contributed by atoms with Gasteiger partial charge >= 0.3 is 0 Å². The first-order valence-electron chi connectivity index (χ1n) is 7.21. The number of alkyl halides is 1. The fourth-order valence-electron chi connectivity index (χ4n) is 2.46. The molecule has 2 heterocycles. The molecule has 0 aromatic carbocycles. The average Bonchev–Trinajstić information content (AvgIpc) is 2.49. The van der Waals surface area contributed by atoms with Gasteiger partial charge in [-0.15, -0.1) is 0 Å². The molecule has 4 nitrogen and oxygen atoms in total. The Hall–Kier alpha value is -1.49. The van der Waals surface area contributed by atoms with Crippen molar-refractivity contribution in [1.29, 1.82) is 0 Å². The third-order valence-corrected chi connectivity index (χ3v) is 3.80. The van der Waals surface area contributed by atoms with E-state index >= 15 is 0 Å². The molecule has 1 aliphatic rings. The third kappa shape index (κ3) is 4.56. The number of piperidine rings is 1. The van der Waals surface area contributed by atoms with Crippen molar-refractivity contribution in [3.05, 3.63) is 30.1 Å². The molecule has 110 valence electrons. The molecule has 1 aliphatic heterocycles. The number of nitrogens with zero attached hydrogens (tertiary/aromatic N) is 2. The third-order valence-electron chi connectivity index (χ3n) is 3.80. The zero-order chi connectivity index (χ0) is 14.3. The van der Waals surface area contributed by atoms with Crippen LogP contribution in [0.4, 0.5) is 4.39 Å². The van der Waals surface area contributed by atoms with Crippen molar-refractivity contribution in [3.63, 3.8) is 0 Å². The molecular formula is C15H22FN3O. The number of aryl methyl sites for hydroxylation is 1. The van der Waals surface area contributed by atoms with Gasteiger partial charge in [0.2, 0.25) is 6.41 Å². The van der Waals surface area contributed by atoms with Gasteiger partial charge in [0.05, 0.1) is 0 Å². The minimum Gasteiger partial charge on any atom is -0.345 e. The van der Waals surface area contributed by atoms with Crippen LogP contribution < -0.4 is 5.32 Å². The lowest BCUT2D eigenvalue weighted by molar-refractivity contribution is -0.120. The van der Waals surface area contributed by atoms with Gasteiger partial charge < -0.3 is 10.2 Å². The Morgan fingerprint density at radius 2 is 2.20 bits per heavy atom. The van der Waals surface area contributed by atoms with Crippen molar-refractivity contribution >= 4 is 6.41 Å². The molecule has 0 atom stereocenters. The Kier molecular flexibility index (Phi) is 5.47. The smallest absolute Gasteiger partial charge is 0.209 e. The van der Waals surface area contributed by atoms with Crippen LogP contribution in [0, 0.1) is 0 Å². The molecule has 0 aliphatic carbocycles. The number of aromatic nitrogens is 1. The van der Waals surface area contributed by atoms with Crippen molar-refractivity contribution in [2.45, 2.75) is 31.4 Å².